The van der Waals surface area contributed by atoms with Crippen LogP contribution in [0.2, 0.25) is 5.02 Å². The van der Waals surface area contributed by atoms with E-state index in [0.717, 1.165) is 22.9 Å². The number of aromatic nitrogens is 2. The highest BCUT2D eigenvalue weighted by Gasteiger charge is 2.31. The van der Waals surface area contributed by atoms with Gasteiger partial charge in [-0.05, 0) is 37.3 Å². The molecule has 11 heteroatoms. The number of amides is 2. The molecule has 0 saturated heterocycles. The highest BCUT2D eigenvalue weighted by atomic mass is 35.5. The number of halogens is 4. The molecular weight excluding hydrogens is 437 g/mol. The minimum Gasteiger partial charge on any atom is -0.483 e. The number of aryl methyl sites for hydroxylation is 1. The molecule has 1 aromatic heterocycles. The zero-order valence-corrected chi connectivity index (χ0v) is 16.8. The number of primary amides is 1. The number of nitrogens with two attached hydrogens (primary N) is 1. The fraction of sp³-hybridized carbons (Fsp3) is 0.150. The maximum absolute atomic E-state index is 13.1. The average Bonchev–Trinajstić information content (AvgIpc) is 3.05. The molecule has 162 valence electrons. The first-order chi connectivity index (χ1) is 14.6. The van der Waals surface area contributed by atoms with Crippen molar-refractivity contribution in [1.29, 1.82) is 0 Å². The van der Waals surface area contributed by atoms with Gasteiger partial charge in [0.1, 0.15) is 11.6 Å². The predicted molar refractivity (Wildman–Crippen MR) is 107 cm³/mol. The zero-order chi connectivity index (χ0) is 22.8. The van der Waals surface area contributed by atoms with E-state index in [0.29, 0.717) is 5.69 Å². The van der Waals surface area contributed by atoms with Crippen LogP contribution < -0.4 is 15.8 Å². The Morgan fingerprint density at radius 1 is 1.19 bits per heavy atom. The van der Waals surface area contributed by atoms with E-state index in [9.17, 15) is 22.8 Å². The first-order valence-corrected chi connectivity index (χ1v) is 9.19. The molecule has 0 radical (unpaired) electrons. The summed E-state index contributed by atoms with van der Waals surface area (Å²) in [4.78, 5) is 23.8. The fourth-order valence-electron chi connectivity index (χ4n) is 2.74. The monoisotopic (exact) mass is 452 g/mol. The number of carbonyl (C=O) groups excluding carboxylic acids is 2. The van der Waals surface area contributed by atoms with Crippen molar-refractivity contribution in [2.75, 3.05) is 11.9 Å². The number of hydrogen-bond acceptors (Lipinski definition) is 4. The zero-order valence-electron chi connectivity index (χ0n) is 16.0. The average molecular weight is 453 g/mol. The van der Waals surface area contributed by atoms with Crippen LogP contribution in [0.4, 0.5) is 19.0 Å². The van der Waals surface area contributed by atoms with Gasteiger partial charge in [0.05, 0.1) is 27.5 Å². The van der Waals surface area contributed by atoms with Crippen molar-refractivity contribution in [1.82, 2.24) is 9.78 Å². The van der Waals surface area contributed by atoms with Crippen molar-refractivity contribution in [3.05, 3.63) is 70.4 Å². The normalized spacial score (nSPS) is 11.3. The van der Waals surface area contributed by atoms with E-state index >= 15 is 0 Å². The lowest BCUT2D eigenvalue weighted by molar-refractivity contribution is -0.137. The van der Waals surface area contributed by atoms with Crippen LogP contribution in [0.1, 0.15) is 21.6 Å². The van der Waals surface area contributed by atoms with Gasteiger partial charge in [-0.25, -0.2) is 4.68 Å². The Balaban J connectivity index is 1.96. The van der Waals surface area contributed by atoms with Crippen LogP contribution in [0.15, 0.2) is 48.5 Å². The summed E-state index contributed by atoms with van der Waals surface area (Å²) in [5.74, 6) is -1.15. The standard InChI is InChI=1S/C20H16ClF3N4O3/c1-11-8-18(26-19(30)13-4-2-3-5-16(13)31-10-17(25)29)28(27-11)15-9-12(20(22,23)24)6-7-14(15)21/h2-9H,10H2,1H3,(H2,25,29)(H,26,30). The van der Waals surface area contributed by atoms with Crippen LogP contribution >= 0.6 is 11.6 Å². The maximum atomic E-state index is 13.1. The van der Waals surface area contributed by atoms with Crippen molar-refractivity contribution in [2.45, 2.75) is 13.1 Å². The van der Waals surface area contributed by atoms with E-state index in [2.05, 4.69) is 10.4 Å². The Hall–Kier alpha value is -3.53. The summed E-state index contributed by atoms with van der Waals surface area (Å²) in [6.45, 7) is 1.18. The molecule has 0 saturated carbocycles. The van der Waals surface area contributed by atoms with Gasteiger partial charge >= 0.3 is 6.18 Å². The highest BCUT2D eigenvalue weighted by Crippen LogP contribution is 2.34. The number of nitrogens with one attached hydrogen (secondary N) is 1. The molecule has 3 aromatic rings. The molecule has 0 bridgehead atoms. The quantitative estimate of drug-likeness (QED) is 0.591. The van der Waals surface area contributed by atoms with Crippen molar-refractivity contribution >= 4 is 29.2 Å². The van der Waals surface area contributed by atoms with Crippen LogP contribution in [0, 0.1) is 6.92 Å². The summed E-state index contributed by atoms with van der Waals surface area (Å²) in [5.41, 5.74) is 4.61. The number of alkyl halides is 3. The molecule has 1 heterocycles. The summed E-state index contributed by atoms with van der Waals surface area (Å²) in [7, 11) is 0. The maximum Gasteiger partial charge on any atom is 0.416 e. The smallest absolute Gasteiger partial charge is 0.416 e. The number of anilines is 1. The molecular formula is C20H16ClF3N4O3. The molecule has 0 aliphatic heterocycles. The molecule has 0 atom stereocenters. The Kier molecular flexibility index (Phi) is 6.21. The first kappa shape index (κ1) is 22.2. The van der Waals surface area contributed by atoms with Crippen molar-refractivity contribution < 1.29 is 27.5 Å². The van der Waals surface area contributed by atoms with Gasteiger partial charge < -0.3 is 15.8 Å². The van der Waals surface area contributed by atoms with Gasteiger partial charge in [0.25, 0.3) is 11.8 Å². The van der Waals surface area contributed by atoms with Gasteiger partial charge in [-0.1, -0.05) is 23.7 Å². The molecule has 3 rings (SSSR count). The SMILES string of the molecule is Cc1cc(NC(=O)c2ccccc2OCC(N)=O)n(-c2cc(C(F)(F)F)ccc2Cl)n1. The number of rotatable bonds is 6. The third kappa shape index (κ3) is 5.15. The molecule has 0 aliphatic carbocycles. The molecule has 0 spiro atoms. The Morgan fingerprint density at radius 3 is 2.58 bits per heavy atom. The number of para-hydroxylation sites is 1. The summed E-state index contributed by atoms with van der Waals surface area (Å²) in [6, 6.07) is 10.4. The molecule has 7 nitrogen and oxygen atoms in total. The molecule has 31 heavy (non-hydrogen) atoms. The molecule has 0 unspecified atom stereocenters. The molecule has 3 N–H and O–H groups in total. The third-order valence-corrected chi connectivity index (χ3v) is 4.40. The minimum absolute atomic E-state index is 0.0109. The van der Waals surface area contributed by atoms with E-state index in [4.69, 9.17) is 22.1 Å². The van der Waals surface area contributed by atoms with E-state index in [1.807, 2.05) is 0 Å². The molecule has 2 aromatic carbocycles. The molecule has 0 aliphatic rings. The third-order valence-electron chi connectivity index (χ3n) is 4.08. The lowest BCUT2D eigenvalue weighted by Gasteiger charge is -2.14. The van der Waals surface area contributed by atoms with Crippen molar-refractivity contribution in [2.24, 2.45) is 5.73 Å². The van der Waals surface area contributed by atoms with E-state index < -0.39 is 30.2 Å². The summed E-state index contributed by atoms with van der Waals surface area (Å²) in [6.07, 6.45) is -4.58. The lowest BCUT2D eigenvalue weighted by Crippen LogP contribution is -2.22. The van der Waals surface area contributed by atoms with Crippen molar-refractivity contribution in [3.8, 4) is 11.4 Å². The van der Waals surface area contributed by atoms with Gasteiger partial charge in [0.15, 0.2) is 6.61 Å². The first-order valence-electron chi connectivity index (χ1n) is 8.81. The fourth-order valence-corrected chi connectivity index (χ4v) is 2.93. The molecule has 0 fully saturated rings. The van der Waals surface area contributed by atoms with Crippen LogP contribution in [0.5, 0.6) is 5.75 Å². The summed E-state index contributed by atoms with van der Waals surface area (Å²) in [5, 5.41) is 6.75. The molecule has 2 amide bonds. The van der Waals surface area contributed by atoms with E-state index in [1.54, 1.807) is 19.1 Å². The second kappa shape index (κ2) is 8.68. The van der Waals surface area contributed by atoms with Crippen LogP contribution in [-0.2, 0) is 11.0 Å². The number of carbonyl (C=O) groups is 2. The Labute approximate surface area is 179 Å². The van der Waals surface area contributed by atoms with Gasteiger partial charge in [-0.15, -0.1) is 0 Å². The largest absolute Gasteiger partial charge is 0.483 e. The summed E-state index contributed by atoms with van der Waals surface area (Å²) >= 11 is 6.11. The van der Waals surface area contributed by atoms with E-state index in [-0.39, 0.29) is 27.8 Å². The minimum atomic E-state index is -4.58. The second-order valence-corrected chi connectivity index (χ2v) is 6.86. The van der Waals surface area contributed by atoms with Crippen LogP contribution in [0.3, 0.4) is 0 Å². The second-order valence-electron chi connectivity index (χ2n) is 6.45. The van der Waals surface area contributed by atoms with Crippen LogP contribution in [0.25, 0.3) is 5.69 Å². The topological polar surface area (TPSA) is 99.2 Å². The lowest BCUT2D eigenvalue weighted by atomic mass is 10.2. The number of hydrogen-bond donors (Lipinski definition) is 2. The summed E-state index contributed by atoms with van der Waals surface area (Å²) < 4.78 is 45.8. The highest BCUT2D eigenvalue weighted by molar-refractivity contribution is 6.32. The predicted octanol–water partition coefficient (Wildman–Crippen LogP) is 3.97. The number of ether oxygens (including phenoxy) is 1. The van der Waals surface area contributed by atoms with Crippen molar-refractivity contribution in [3.63, 3.8) is 0 Å². The Morgan fingerprint density at radius 2 is 1.90 bits per heavy atom. The van der Waals surface area contributed by atoms with E-state index in [1.165, 1.54) is 18.2 Å². The van der Waals surface area contributed by atoms with Gasteiger partial charge in [0, 0.05) is 6.07 Å². The van der Waals surface area contributed by atoms with Gasteiger partial charge in [-0.3, -0.25) is 9.59 Å². The number of benzene rings is 2. The number of nitrogens with zero attached hydrogens (tertiary/aromatic N) is 2. The van der Waals surface area contributed by atoms with Gasteiger partial charge in [-0.2, -0.15) is 18.3 Å². The van der Waals surface area contributed by atoms with Crippen LogP contribution in [-0.4, -0.2) is 28.2 Å². The Bertz CT molecular complexity index is 1140. The van der Waals surface area contributed by atoms with Gasteiger partial charge in [0.2, 0.25) is 0 Å².